The molecule has 2 aromatic rings. The molecular weight excluding hydrogens is 400 g/mol. The van der Waals surface area contributed by atoms with Crippen LogP contribution in [0.1, 0.15) is 18.3 Å². The van der Waals surface area contributed by atoms with Crippen LogP contribution in [-0.2, 0) is 11.3 Å². The quantitative estimate of drug-likeness (QED) is 0.741. The Labute approximate surface area is 152 Å². The zero-order valence-corrected chi connectivity index (χ0v) is 15.6. The maximum Gasteiger partial charge on any atom is 0.387 e. The number of rotatable bonds is 7. The van der Waals surface area contributed by atoms with Gasteiger partial charge >= 0.3 is 6.61 Å². The molecule has 1 aromatic carbocycles. The number of halogens is 3. The summed E-state index contributed by atoms with van der Waals surface area (Å²) in [6.45, 7) is 2.75. The Balaban J connectivity index is 2.11. The molecule has 2 rings (SSSR count). The minimum Gasteiger partial charge on any atom is -0.490 e. The lowest BCUT2D eigenvalue weighted by Crippen LogP contribution is -2.20. The SMILES string of the molecule is CCOc1cc(NC(=O)Cn2nc(C)c(Br)c2C)ccc1OC(F)F. The van der Waals surface area contributed by atoms with E-state index >= 15 is 0 Å². The van der Waals surface area contributed by atoms with Gasteiger partial charge in [0.25, 0.3) is 0 Å². The summed E-state index contributed by atoms with van der Waals surface area (Å²) < 4.78 is 36.9. The van der Waals surface area contributed by atoms with E-state index in [1.165, 1.54) is 18.2 Å². The van der Waals surface area contributed by atoms with Crippen LogP contribution in [0.3, 0.4) is 0 Å². The first-order valence-corrected chi connectivity index (χ1v) is 8.32. The Bertz CT molecular complexity index is 765. The van der Waals surface area contributed by atoms with Crippen molar-refractivity contribution in [3.63, 3.8) is 0 Å². The van der Waals surface area contributed by atoms with Gasteiger partial charge in [-0.1, -0.05) is 0 Å². The molecule has 0 aliphatic heterocycles. The number of ether oxygens (including phenoxy) is 2. The van der Waals surface area contributed by atoms with Crippen molar-refractivity contribution >= 4 is 27.5 Å². The summed E-state index contributed by atoms with van der Waals surface area (Å²) in [4.78, 5) is 12.2. The van der Waals surface area contributed by atoms with Crippen molar-refractivity contribution in [3.05, 3.63) is 34.1 Å². The first-order valence-electron chi connectivity index (χ1n) is 7.52. The predicted molar refractivity (Wildman–Crippen MR) is 92.3 cm³/mol. The first-order chi connectivity index (χ1) is 11.8. The van der Waals surface area contributed by atoms with Crippen molar-refractivity contribution < 1.29 is 23.0 Å². The molecular formula is C16H18BrF2N3O3. The normalized spacial score (nSPS) is 10.8. The minimum absolute atomic E-state index is 0.0253. The summed E-state index contributed by atoms with van der Waals surface area (Å²) in [7, 11) is 0. The number of carbonyl (C=O) groups is 1. The second kappa shape index (κ2) is 8.28. The molecule has 6 nitrogen and oxygen atoms in total. The highest BCUT2D eigenvalue weighted by molar-refractivity contribution is 9.10. The van der Waals surface area contributed by atoms with E-state index in [0.717, 1.165) is 15.9 Å². The van der Waals surface area contributed by atoms with Crippen LogP contribution >= 0.6 is 15.9 Å². The number of aryl methyl sites for hydroxylation is 1. The van der Waals surface area contributed by atoms with Crippen LogP contribution in [0.2, 0.25) is 0 Å². The van der Waals surface area contributed by atoms with Gasteiger partial charge in [0.1, 0.15) is 6.54 Å². The Hall–Kier alpha value is -2.16. The summed E-state index contributed by atoms with van der Waals surface area (Å²) in [5.41, 5.74) is 2.04. The number of benzene rings is 1. The van der Waals surface area contributed by atoms with E-state index in [-0.39, 0.29) is 30.6 Å². The van der Waals surface area contributed by atoms with Crippen LogP contribution in [0, 0.1) is 13.8 Å². The topological polar surface area (TPSA) is 65.4 Å². The fourth-order valence-electron chi connectivity index (χ4n) is 2.21. The minimum atomic E-state index is -2.95. The number of nitrogens with zero attached hydrogens (tertiary/aromatic N) is 2. The average molecular weight is 418 g/mol. The van der Waals surface area contributed by atoms with E-state index in [1.807, 2.05) is 13.8 Å². The lowest BCUT2D eigenvalue weighted by atomic mass is 10.2. The monoisotopic (exact) mass is 417 g/mol. The smallest absolute Gasteiger partial charge is 0.387 e. The van der Waals surface area contributed by atoms with Crippen LogP contribution in [0.25, 0.3) is 0 Å². The molecule has 0 unspecified atom stereocenters. The van der Waals surface area contributed by atoms with Gasteiger partial charge in [-0.2, -0.15) is 13.9 Å². The molecule has 0 aliphatic rings. The van der Waals surface area contributed by atoms with Crippen molar-refractivity contribution in [2.45, 2.75) is 33.9 Å². The Kier molecular flexibility index (Phi) is 6.35. The van der Waals surface area contributed by atoms with E-state index in [4.69, 9.17) is 4.74 Å². The van der Waals surface area contributed by atoms with Gasteiger partial charge in [-0.25, -0.2) is 0 Å². The van der Waals surface area contributed by atoms with Gasteiger partial charge in [0, 0.05) is 11.8 Å². The maximum absolute atomic E-state index is 12.4. The van der Waals surface area contributed by atoms with Crippen LogP contribution in [0.15, 0.2) is 22.7 Å². The van der Waals surface area contributed by atoms with E-state index in [2.05, 4.69) is 31.1 Å². The van der Waals surface area contributed by atoms with Gasteiger partial charge in [0.15, 0.2) is 11.5 Å². The summed E-state index contributed by atoms with van der Waals surface area (Å²) in [5, 5.41) is 6.95. The van der Waals surface area contributed by atoms with E-state index in [1.54, 1.807) is 11.6 Å². The van der Waals surface area contributed by atoms with Crippen molar-refractivity contribution in [1.29, 1.82) is 0 Å². The van der Waals surface area contributed by atoms with Crippen molar-refractivity contribution in [1.82, 2.24) is 9.78 Å². The zero-order valence-electron chi connectivity index (χ0n) is 14.0. The van der Waals surface area contributed by atoms with Gasteiger partial charge < -0.3 is 14.8 Å². The molecule has 0 saturated heterocycles. The van der Waals surface area contributed by atoms with Crippen molar-refractivity contribution in [2.75, 3.05) is 11.9 Å². The second-order valence-electron chi connectivity index (χ2n) is 5.16. The Morgan fingerprint density at radius 3 is 2.64 bits per heavy atom. The third kappa shape index (κ3) is 4.91. The highest BCUT2D eigenvalue weighted by atomic mass is 79.9. The molecule has 136 valence electrons. The van der Waals surface area contributed by atoms with Crippen molar-refractivity contribution in [2.24, 2.45) is 0 Å². The molecule has 0 fully saturated rings. The average Bonchev–Trinajstić information content (AvgIpc) is 2.77. The summed E-state index contributed by atoms with van der Waals surface area (Å²) in [6, 6.07) is 4.23. The fraction of sp³-hybridized carbons (Fsp3) is 0.375. The molecule has 0 atom stereocenters. The second-order valence-corrected chi connectivity index (χ2v) is 5.96. The number of alkyl halides is 2. The standard InChI is InChI=1S/C16H18BrF2N3O3/c1-4-24-13-7-11(5-6-12(13)25-16(18)19)20-14(23)8-22-10(3)15(17)9(2)21-22/h5-7,16H,4,8H2,1-3H3,(H,20,23). The molecule has 9 heteroatoms. The Morgan fingerprint density at radius 1 is 1.36 bits per heavy atom. The van der Waals surface area contributed by atoms with Gasteiger partial charge in [-0.15, -0.1) is 0 Å². The van der Waals surface area contributed by atoms with Gasteiger partial charge in [0.2, 0.25) is 5.91 Å². The highest BCUT2D eigenvalue weighted by Crippen LogP contribution is 2.31. The molecule has 25 heavy (non-hydrogen) atoms. The number of aromatic nitrogens is 2. The third-order valence-electron chi connectivity index (χ3n) is 3.33. The fourth-order valence-corrected chi connectivity index (χ4v) is 2.50. The van der Waals surface area contributed by atoms with E-state index in [0.29, 0.717) is 5.69 Å². The molecule has 1 amide bonds. The van der Waals surface area contributed by atoms with Crippen LogP contribution in [0.4, 0.5) is 14.5 Å². The molecule has 1 N–H and O–H groups in total. The number of nitrogens with one attached hydrogen (secondary N) is 1. The molecule has 0 aliphatic carbocycles. The predicted octanol–water partition coefficient (Wildman–Crippen LogP) is 3.90. The third-order valence-corrected chi connectivity index (χ3v) is 4.48. The number of amides is 1. The lowest BCUT2D eigenvalue weighted by Gasteiger charge is -2.13. The highest BCUT2D eigenvalue weighted by Gasteiger charge is 2.14. The van der Waals surface area contributed by atoms with E-state index < -0.39 is 6.61 Å². The van der Waals surface area contributed by atoms with Gasteiger partial charge in [-0.3, -0.25) is 9.48 Å². The molecule has 1 heterocycles. The van der Waals surface area contributed by atoms with Crippen LogP contribution in [-0.4, -0.2) is 28.9 Å². The first kappa shape index (κ1) is 19.2. The molecule has 0 spiro atoms. The van der Waals surface area contributed by atoms with E-state index in [9.17, 15) is 13.6 Å². The number of hydrogen-bond donors (Lipinski definition) is 1. The van der Waals surface area contributed by atoms with Crippen molar-refractivity contribution in [3.8, 4) is 11.5 Å². The molecule has 0 saturated carbocycles. The van der Waals surface area contributed by atoms with Gasteiger partial charge in [-0.05, 0) is 48.8 Å². The van der Waals surface area contributed by atoms with Crippen LogP contribution < -0.4 is 14.8 Å². The summed E-state index contributed by atoms with van der Waals surface area (Å²) in [5.74, 6) is -0.255. The van der Waals surface area contributed by atoms with Gasteiger partial charge in [0.05, 0.1) is 22.5 Å². The largest absolute Gasteiger partial charge is 0.490 e. The summed E-state index contributed by atoms with van der Waals surface area (Å²) in [6.07, 6.45) is 0. The summed E-state index contributed by atoms with van der Waals surface area (Å²) >= 11 is 3.40. The molecule has 0 bridgehead atoms. The lowest BCUT2D eigenvalue weighted by molar-refractivity contribution is -0.116. The number of hydrogen-bond acceptors (Lipinski definition) is 4. The molecule has 1 aromatic heterocycles. The Morgan fingerprint density at radius 2 is 2.08 bits per heavy atom. The maximum atomic E-state index is 12.4. The zero-order chi connectivity index (χ0) is 18.6. The number of anilines is 1. The number of carbonyl (C=O) groups excluding carboxylic acids is 1. The molecule has 0 radical (unpaired) electrons. The van der Waals surface area contributed by atoms with Crippen LogP contribution in [0.5, 0.6) is 11.5 Å².